The van der Waals surface area contributed by atoms with Crippen LogP contribution in [0.1, 0.15) is 19.3 Å². The maximum absolute atomic E-state index is 12.2. The first kappa shape index (κ1) is 14.0. The Morgan fingerprint density at radius 3 is 2.37 bits per heavy atom. The van der Waals surface area contributed by atoms with E-state index in [9.17, 15) is 19.5 Å². The third-order valence-electron chi connectivity index (χ3n) is 3.85. The van der Waals surface area contributed by atoms with Gasteiger partial charge in [-0.05, 0) is 25.8 Å². The quantitative estimate of drug-likeness (QED) is 0.411. The summed E-state index contributed by atoms with van der Waals surface area (Å²) in [5.74, 6) is -2.58. The van der Waals surface area contributed by atoms with Crippen LogP contribution in [0, 0.1) is 11.8 Å². The van der Waals surface area contributed by atoms with E-state index in [1.54, 1.807) is 0 Å². The van der Waals surface area contributed by atoms with Crippen LogP contribution in [0.2, 0.25) is 0 Å². The molecule has 2 saturated heterocycles. The van der Waals surface area contributed by atoms with Gasteiger partial charge in [0.1, 0.15) is 6.04 Å². The predicted molar refractivity (Wildman–Crippen MR) is 66.0 cm³/mol. The lowest BCUT2D eigenvalue weighted by Crippen LogP contribution is -2.46. The number of hydrogen-bond acceptors (Lipinski definition) is 5. The molecular weight excluding hydrogens is 250 g/mol. The highest BCUT2D eigenvalue weighted by Gasteiger charge is 2.53. The predicted octanol–water partition coefficient (Wildman–Crippen LogP) is -1.23. The number of imide groups is 1. The van der Waals surface area contributed by atoms with Gasteiger partial charge in [0.15, 0.2) is 0 Å². The second-order valence-electron chi connectivity index (χ2n) is 5.06. The molecule has 7 nitrogen and oxygen atoms in total. The van der Waals surface area contributed by atoms with Gasteiger partial charge in [0, 0.05) is 13.1 Å². The van der Waals surface area contributed by atoms with Gasteiger partial charge in [-0.15, -0.1) is 0 Å². The van der Waals surface area contributed by atoms with E-state index in [1.807, 2.05) is 0 Å². The van der Waals surface area contributed by atoms with Gasteiger partial charge in [-0.1, -0.05) is 0 Å². The SMILES string of the molecule is NCCCC[C@@H](C(=O)O)N1C(=O)C2CNCC2C1=O. The summed E-state index contributed by atoms with van der Waals surface area (Å²) in [7, 11) is 0. The van der Waals surface area contributed by atoms with Crippen molar-refractivity contribution in [3.63, 3.8) is 0 Å². The first-order valence-electron chi connectivity index (χ1n) is 6.58. The van der Waals surface area contributed by atoms with Gasteiger partial charge in [0.2, 0.25) is 11.8 Å². The zero-order valence-electron chi connectivity index (χ0n) is 10.7. The van der Waals surface area contributed by atoms with E-state index in [4.69, 9.17) is 5.73 Å². The lowest BCUT2D eigenvalue weighted by atomic mass is 10.00. The molecule has 4 N–H and O–H groups in total. The number of aliphatic carboxylic acids is 1. The molecule has 3 atom stereocenters. The molecule has 7 heteroatoms. The molecule has 106 valence electrons. The number of amides is 2. The molecule has 2 unspecified atom stereocenters. The second kappa shape index (κ2) is 5.66. The molecule has 19 heavy (non-hydrogen) atoms. The lowest BCUT2D eigenvalue weighted by molar-refractivity contribution is -0.155. The second-order valence-corrected chi connectivity index (χ2v) is 5.06. The number of nitrogens with two attached hydrogens (primary N) is 1. The molecule has 0 spiro atoms. The molecule has 2 aliphatic heterocycles. The molecule has 2 fully saturated rings. The van der Waals surface area contributed by atoms with E-state index < -0.39 is 12.0 Å². The van der Waals surface area contributed by atoms with E-state index >= 15 is 0 Å². The van der Waals surface area contributed by atoms with Crippen LogP contribution < -0.4 is 11.1 Å². The van der Waals surface area contributed by atoms with E-state index in [-0.39, 0.29) is 30.1 Å². The van der Waals surface area contributed by atoms with Crippen LogP contribution in [-0.4, -0.2) is 53.5 Å². The highest BCUT2D eigenvalue weighted by Crippen LogP contribution is 2.31. The van der Waals surface area contributed by atoms with Gasteiger partial charge in [-0.2, -0.15) is 0 Å². The summed E-state index contributed by atoms with van der Waals surface area (Å²) < 4.78 is 0. The molecule has 2 aliphatic rings. The fourth-order valence-electron chi connectivity index (χ4n) is 2.82. The average Bonchev–Trinajstić information content (AvgIpc) is 2.92. The van der Waals surface area contributed by atoms with Crippen molar-refractivity contribution in [1.82, 2.24) is 10.2 Å². The molecule has 0 aromatic heterocycles. The van der Waals surface area contributed by atoms with E-state index in [2.05, 4.69) is 5.32 Å². The minimum atomic E-state index is -1.12. The van der Waals surface area contributed by atoms with Gasteiger partial charge >= 0.3 is 5.97 Å². The molecule has 2 heterocycles. The van der Waals surface area contributed by atoms with Crippen molar-refractivity contribution >= 4 is 17.8 Å². The summed E-state index contributed by atoms with van der Waals surface area (Å²) in [6.45, 7) is 1.39. The number of nitrogens with one attached hydrogen (secondary N) is 1. The number of carbonyl (C=O) groups is 3. The molecule has 2 amide bonds. The van der Waals surface area contributed by atoms with Crippen molar-refractivity contribution in [1.29, 1.82) is 0 Å². The Morgan fingerprint density at radius 2 is 1.89 bits per heavy atom. The van der Waals surface area contributed by atoms with Gasteiger partial charge in [-0.3, -0.25) is 14.5 Å². The molecule has 0 bridgehead atoms. The van der Waals surface area contributed by atoms with Crippen LogP contribution in [0.15, 0.2) is 0 Å². The third kappa shape index (κ3) is 2.48. The Morgan fingerprint density at radius 1 is 1.32 bits per heavy atom. The summed E-state index contributed by atoms with van der Waals surface area (Å²) in [5, 5.41) is 12.2. The average molecular weight is 269 g/mol. The summed E-state index contributed by atoms with van der Waals surface area (Å²) in [6, 6.07) is -1.04. The lowest BCUT2D eigenvalue weighted by Gasteiger charge is -2.23. The number of rotatable bonds is 6. The van der Waals surface area contributed by atoms with Gasteiger partial charge < -0.3 is 16.2 Å². The van der Waals surface area contributed by atoms with Crippen molar-refractivity contribution in [2.75, 3.05) is 19.6 Å². The summed E-state index contributed by atoms with van der Waals surface area (Å²) >= 11 is 0. The molecule has 2 rings (SSSR count). The largest absolute Gasteiger partial charge is 0.480 e. The Hall–Kier alpha value is -1.47. The minimum absolute atomic E-state index is 0.275. The highest BCUT2D eigenvalue weighted by molar-refractivity contribution is 6.08. The van der Waals surface area contributed by atoms with Crippen molar-refractivity contribution in [3.05, 3.63) is 0 Å². The van der Waals surface area contributed by atoms with E-state index in [0.29, 0.717) is 32.5 Å². The van der Waals surface area contributed by atoms with Crippen LogP contribution in [0.3, 0.4) is 0 Å². The Balaban J connectivity index is 2.11. The summed E-state index contributed by atoms with van der Waals surface area (Å²) in [5.41, 5.74) is 5.37. The number of likely N-dealkylation sites (tertiary alicyclic amines) is 1. The maximum Gasteiger partial charge on any atom is 0.326 e. The monoisotopic (exact) mass is 269 g/mol. The number of carbonyl (C=O) groups excluding carboxylic acids is 2. The van der Waals surface area contributed by atoms with Crippen LogP contribution >= 0.6 is 0 Å². The molecule has 0 radical (unpaired) electrons. The smallest absolute Gasteiger partial charge is 0.326 e. The van der Waals surface area contributed by atoms with Crippen molar-refractivity contribution in [2.24, 2.45) is 17.6 Å². The number of hydrogen-bond donors (Lipinski definition) is 3. The fraction of sp³-hybridized carbons (Fsp3) is 0.750. The Labute approximate surface area is 111 Å². The number of carboxylic acids is 1. The van der Waals surface area contributed by atoms with Gasteiger partial charge in [0.05, 0.1) is 11.8 Å². The first-order valence-corrected chi connectivity index (χ1v) is 6.58. The van der Waals surface area contributed by atoms with Crippen molar-refractivity contribution in [2.45, 2.75) is 25.3 Å². The highest BCUT2D eigenvalue weighted by atomic mass is 16.4. The van der Waals surface area contributed by atoms with E-state index in [0.717, 1.165) is 4.90 Å². The van der Waals surface area contributed by atoms with Gasteiger partial charge in [-0.25, -0.2) is 4.79 Å². The third-order valence-corrected chi connectivity index (χ3v) is 3.85. The molecule has 0 aromatic carbocycles. The maximum atomic E-state index is 12.2. The minimum Gasteiger partial charge on any atom is -0.480 e. The fourth-order valence-corrected chi connectivity index (χ4v) is 2.82. The number of carboxylic acid groups (broad SMARTS) is 1. The summed E-state index contributed by atoms with van der Waals surface area (Å²) in [4.78, 5) is 36.6. The normalized spacial score (nSPS) is 27.7. The number of fused-ring (bicyclic) bond motifs is 1. The topological polar surface area (TPSA) is 113 Å². The van der Waals surface area contributed by atoms with Crippen LogP contribution in [0.5, 0.6) is 0 Å². The Bertz CT molecular complexity index is 376. The van der Waals surface area contributed by atoms with Gasteiger partial charge in [0.25, 0.3) is 0 Å². The zero-order valence-corrected chi connectivity index (χ0v) is 10.7. The number of unbranched alkanes of at least 4 members (excludes halogenated alkanes) is 1. The van der Waals surface area contributed by atoms with Crippen LogP contribution in [0.4, 0.5) is 0 Å². The molecule has 0 aliphatic carbocycles. The molecule has 0 saturated carbocycles. The first-order chi connectivity index (χ1) is 9.07. The van der Waals surface area contributed by atoms with Crippen molar-refractivity contribution < 1.29 is 19.5 Å². The molecule has 0 aromatic rings. The number of nitrogens with zero attached hydrogens (tertiary/aromatic N) is 1. The standard InChI is InChI=1S/C12H19N3O4/c13-4-2-1-3-9(12(18)19)15-10(16)7-5-14-6-8(7)11(15)17/h7-9,14H,1-6,13H2,(H,18,19)/t7?,8?,9-/m0/s1. The van der Waals surface area contributed by atoms with Crippen molar-refractivity contribution in [3.8, 4) is 0 Å². The van der Waals surface area contributed by atoms with Crippen LogP contribution in [-0.2, 0) is 14.4 Å². The summed E-state index contributed by atoms with van der Waals surface area (Å²) in [6.07, 6.45) is 1.56. The van der Waals surface area contributed by atoms with E-state index in [1.165, 1.54) is 0 Å². The molecular formula is C12H19N3O4. The van der Waals surface area contributed by atoms with Crippen LogP contribution in [0.25, 0.3) is 0 Å². The zero-order chi connectivity index (χ0) is 14.0. The Kier molecular flexibility index (Phi) is 4.16.